The van der Waals surface area contributed by atoms with Crippen LogP contribution < -0.4 is 0 Å². The Morgan fingerprint density at radius 3 is 2.71 bits per heavy atom. The lowest BCUT2D eigenvalue weighted by atomic mass is 10.1. The summed E-state index contributed by atoms with van der Waals surface area (Å²) in [6, 6.07) is 7.11. The average Bonchev–Trinajstić information content (AvgIpc) is 2.27. The summed E-state index contributed by atoms with van der Waals surface area (Å²) in [4.78, 5) is 0.744. The maximum absolute atomic E-state index is 11.0. The van der Waals surface area contributed by atoms with Crippen molar-refractivity contribution in [3.05, 3.63) is 29.3 Å². The lowest BCUT2D eigenvalue weighted by molar-refractivity contribution is 0.281. The van der Waals surface area contributed by atoms with Gasteiger partial charge in [0.05, 0.1) is 17.9 Å². The molecule has 0 aliphatic carbocycles. The molecule has 0 spiro atoms. The van der Waals surface area contributed by atoms with E-state index in [2.05, 4.69) is 0 Å². The summed E-state index contributed by atoms with van der Waals surface area (Å²) in [6.07, 6.45) is 1.19. The third kappa shape index (κ3) is 4.77. The van der Waals surface area contributed by atoms with Crippen molar-refractivity contribution in [2.45, 2.75) is 11.5 Å². The summed E-state index contributed by atoms with van der Waals surface area (Å²) in [7, 11) is -2.97. The van der Waals surface area contributed by atoms with Gasteiger partial charge in [0, 0.05) is 16.9 Å². The predicted octanol–water partition coefficient (Wildman–Crippen LogP) is 1.19. The van der Waals surface area contributed by atoms with Gasteiger partial charge in [0.2, 0.25) is 0 Å². The van der Waals surface area contributed by atoms with Crippen LogP contribution in [0.25, 0.3) is 0 Å². The molecule has 4 nitrogen and oxygen atoms in total. The maximum Gasteiger partial charge on any atom is 0.148 e. The van der Waals surface area contributed by atoms with Gasteiger partial charge >= 0.3 is 0 Å². The Balaban J connectivity index is 2.75. The molecule has 0 fully saturated rings. The number of thioether (sulfide) groups is 1. The van der Waals surface area contributed by atoms with Crippen molar-refractivity contribution in [2.75, 3.05) is 17.8 Å². The van der Waals surface area contributed by atoms with Crippen molar-refractivity contribution in [1.82, 2.24) is 0 Å². The average molecular weight is 271 g/mol. The molecule has 1 aromatic rings. The summed E-state index contributed by atoms with van der Waals surface area (Å²) in [5.41, 5.74) is 1.14. The number of aliphatic hydroxyl groups excluding tert-OH is 1. The molecule has 0 amide bonds. The standard InChI is InChI=1S/C11H13NO3S2/c1-17(14,15)5-4-16-11-3-2-9(8-13)6-10(11)7-12/h2-3,6,13H,4-5,8H2,1H3. The molecule has 1 aromatic carbocycles. The fourth-order valence-corrected chi connectivity index (χ4v) is 3.38. The van der Waals surface area contributed by atoms with Crippen LogP contribution in [-0.4, -0.2) is 31.3 Å². The van der Waals surface area contributed by atoms with Crippen LogP contribution in [0.4, 0.5) is 0 Å². The summed E-state index contributed by atoms with van der Waals surface area (Å²) in [5, 5.41) is 17.9. The molecule has 6 heteroatoms. The summed E-state index contributed by atoms with van der Waals surface area (Å²) in [6.45, 7) is -0.108. The normalized spacial score (nSPS) is 11.1. The monoisotopic (exact) mass is 271 g/mol. The molecule has 0 aliphatic heterocycles. The number of benzene rings is 1. The van der Waals surface area contributed by atoms with Crippen LogP contribution in [0.3, 0.4) is 0 Å². The van der Waals surface area contributed by atoms with Gasteiger partial charge in [-0.05, 0) is 17.7 Å². The van der Waals surface area contributed by atoms with E-state index in [0.717, 1.165) is 4.90 Å². The molecule has 1 rings (SSSR count). The molecule has 0 atom stereocenters. The number of aliphatic hydroxyl groups is 1. The van der Waals surface area contributed by atoms with E-state index in [-0.39, 0.29) is 12.4 Å². The number of nitrogens with zero attached hydrogens (tertiary/aromatic N) is 1. The van der Waals surface area contributed by atoms with Crippen LogP contribution in [-0.2, 0) is 16.4 Å². The van der Waals surface area contributed by atoms with E-state index in [1.165, 1.54) is 18.0 Å². The Bertz CT molecular complexity index is 532. The molecular weight excluding hydrogens is 258 g/mol. The van der Waals surface area contributed by atoms with Crippen molar-refractivity contribution in [3.8, 4) is 6.07 Å². The van der Waals surface area contributed by atoms with Crippen LogP contribution >= 0.6 is 11.8 Å². The van der Waals surface area contributed by atoms with Gasteiger partial charge in [-0.2, -0.15) is 5.26 Å². The SMILES string of the molecule is CS(=O)(=O)CCSc1ccc(CO)cc1C#N. The zero-order chi connectivity index (χ0) is 12.9. The summed E-state index contributed by atoms with van der Waals surface area (Å²) >= 11 is 1.33. The number of hydrogen-bond acceptors (Lipinski definition) is 5. The Morgan fingerprint density at radius 1 is 1.47 bits per heavy atom. The van der Waals surface area contributed by atoms with Crippen molar-refractivity contribution in [1.29, 1.82) is 5.26 Å². The van der Waals surface area contributed by atoms with E-state index in [1.807, 2.05) is 6.07 Å². The summed E-state index contributed by atoms with van der Waals surface area (Å²) < 4.78 is 21.9. The number of hydrogen-bond donors (Lipinski definition) is 1. The van der Waals surface area contributed by atoms with Gasteiger partial charge in [-0.1, -0.05) is 6.07 Å². The van der Waals surface area contributed by atoms with Gasteiger partial charge in [0.15, 0.2) is 0 Å². The van der Waals surface area contributed by atoms with Crippen LogP contribution in [0.15, 0.2) is 23.1 Å². The largest absolute Gasteiger partial charge is 0.392 e. The first-order valence-corrected chi connectivity index (χ1v) is 7.95. The van der Waals surface area contributed by atoms with Crippen molar-refractivity contribution in [2.24, 2.45) is 0 Å². The number of nitriles is 1. The van der Waals surface area contributed by atoms with E-state index in [9.17, 15) is 8.42 Å². The van der Waals surface area contributed by atoms with Gasteiger partial charge in [-0.15, -0.1) is 11.8 Å². The highest BCUT2D eigenvalue weighted by Gasteiger charge is 2.07. The minimum atomic E-state index is -2.97. The topological polar surface area (TPSA) is 78.2 Å². The zero-order valence-corrected chi connectivity index (χ0v) is 11.0. The highest BCUT2D eigenvalue weighted by Crippen LogP contribution is 2.23. The molecule has 0 bridgehead atoms. The quantitative estimate of drug-likeness (QED) is 0.814. The van der Waals surface area contributed by atoms with E-state index in [1.54, 1.807) is 18.2 Å². The third-order valence-corrected chi connectivity index (χ3v) is 4.34. The molecule has 0 saturated carbocycles. The molecule has 0 aromatic heterocycles. The van der Waals surface area contributed by atoms with Crippen molar-refractivity contribution in [3.63, 3.8) is 0 Å². The lowest BCUT2D eigenvalue weighted by Gasteiger charge is -2.05. The molecule has 1 N–H and O–H groups in total. The van der Waals surface area contributed by atoms with Crippen molar-refractivity contribution >= 4 is 21.6 Å². The van der Waals surface area contributed by atoms with E-state index < -0.39 is 9.84 Å². The van der Waals surface area contributed by atoms with E-state index in [4.69, 9.17) is 10.4 Å². The molecule has 0 aliphatic rings. The molecule has 0 radical (unpaired) electrons. The fraction of sp³-hybridized carbons (Fsp3) is 0.364. The van der Waals surface area contributed by atoms with Gasteiger partial charge in [0.25, 0.3) is 0 Å². The smallest absolute Gasteiger partial charge is 0.148 e. The van der Waals surface area contributed by atoms with Gasteiger partial charge in [0.1, 0.15) is 15.9 Å². The van der Waals surface area contributed by atoms with Crippen LogP contribution in [0.1, 0.15) is 11.1 Å². The van der Waals surface area contributed by atoms with Gasteiger partial charge in [-0.25, -0.2) is 8.42 Å². The van der Waals surface area contributed by atoms with E-state index >= 15 is 0 Å². The first-order chi connectivity index (χ1) is 7.96. The van der Waals surface area contributed by atoms with Gasteiger partial charge in [-0.3, -0.25) is 0 Å². The highest BCUT2D eigenvalue weighted by atomic mass is 32.2. The van der Waals surface area contributed by atoms with Crippen LogP contribution in [0.2, 0.25) is 0 Å². The summed E-state index contributed by atoms with van der Waals surface area (Å²) in [5.74, 6) is 0.510. The van der Waals surface area contributed by atoms with Crippen LogP contribution in [0, 0.1) is 11.3 Å². The Morgan fingerprint density at radius 2 is 2.18 bits per heavy atom. The second kappa shape index (κ2) is 6.05. The predicted molar refractivity (Wildman–Crippen MR) is 67.5 cm³/mol. The Kier molecular flexibility index (Phi) is 5.00. The minimum Gasteiger partial charge on any atom is -0.392 e. The lowest BCUT2D eigenvalue weighted by Crippen LogP contribution is -2.05. The van der Waals surface area contributed by atoms with Crippen LogP contribution in [0.5, 0.6) is 0 Å². The highest BCUT2D eigenvalue weighted by molar-refractivity contribution is 8.00. The molecule has 17 heavy (non-hydrogen) atoms. The Hall–Kier alpha value is -1.03. The first-order valence-electron chi connectivity index (χ1n) is 4.90. The maximum atomic E-state index is 11.0. The Labute approximate surface area is 105 Å². The minimum absolute atomic E-state index is 0.0876. The first kappa shape index (κ1) is 14.0. The third-order valence-electron chi connectivity index (χ3n) is 2.06. The second-order valence-corrected chi connectivity index (χ2v) is 6.98. The molecule has 0 heterocycles. The van der Waals surface area contributed by atoms with Crippen molar-refractivity contribution < 1.29 is 13.5 Å². The molecular formula is C11H13NO3S2. The molecule has 0 unspecified atom stereocenters. The van der Waals surface area contributed by atoms with Gasteiger partial charge < -0.3 is 5.11 Å². The number of sulfone groups is 1. The molecule has 0 saturated heterocycles. The second-order valence-electron chi connectivity index (χ2n) is 3.58. The zero-order valence-electron chi connectivity index (χ0n) is 9.38. The number of rotatable bonds is 5. The van der Waals surface area contributed by atoms with E-state index in [0.29, 0.717) is 16.9 Å². The fourth-order valence-electron chi connectivity index (χ4n) is 1.19. The molecule has 92 valence electrons.